The summed E-state index contributed by atoms with van der Waals surface area (Å²) in [4.78, 5) is 22.1. The number of rotatable bonds is 3. The molecule has 0 radical (unpaired) electrons. The molecule has 0 unspecified atom stereocenters. The molecule has 16 heavy (non-hydrogen) atoms. The standard InChI is InChI=1S/C12H14O4/c1-7-4-8(2)10(12(15)16-3)5-9(7)6-11(13)14/h4-5H,6H2,1-3H3,(H,13,14). The molecule has 0 aliphatic heterocycles. The van der Waals surface area contributed by atoms with Crippen LogP contribution < -0.4 is 0 Å². The van der Waals surface area contributed by atoms with Crippen molar-refractivity contribution in [2.45, 2.75) is 20.3 Å². The maximum Gasteiger partial charge on any atom is 0.338 e. The van der Waals surface area contributed by atoms with Gasteiger partial charge in [-0.2, -0.15) is 0 Å². The number of carbonyl (C=O) groups excluding carboxylic acids is 1. The lowest BCUT2D eigenvalue weighted by Gasteiger charge is -2.09. The van der Waals surface area contributed by atoms with E-state index in [2.05, 4.69) is 4.74 Å². The molecule has 0 heterocycles. The third kappa shape index (κ3) is 2.59. The summed E-state index contributed by atoms with van der Waals surface area (Å²) in [5.74, 6) is -1.35. The Bertz CT molecular complexity index is 435. The van der Waals surface area contributed by atoms with E-state index in [1.807, 2.05) is 6.92 Å². The van der Waals surface area contributed by atoms with Gasteiger partial charge in [0.15, 0.2) is 0 Å². The molecule has 1 aromatic carbocycles. The Morgan fingerprint density at radius 1 is 1.25 bits per heavy atom. The Morgan fingerprint density at radius 3 is 2.38 bits per heavy atom. The number of carboxylic acids is 1. The number of benzene rings is 1. The Balaban J connectivity index is 3.21. The molecule has 4 heteroatoms. The second-order valence-corrected chi connectivity index (χ2v) is 3.66. The summed E-state index contributed by atoms with van der Waals surface area (Å²) in [5.41, 5.74) is 2.72. The third-order valence-corrected chi connectivity index (χ3v) is 2.43. The molecule has 0 aliphatic carbocycles. The minimum atomic E-state index is -0.914. The molecule has 0 saturated carbocycles. The van der Waals surface area contributed by atoms with Crippen molar-refractivity contribution in [3.05, 3.63) is 34.4 Å². The van der Waals surface area contributed by atoms with E-state index in [1.165, 1.54) is 7.11 Å². The van der Waals surface area contributed by atoms with E-state index >= 15 is 0 Å². The van der Waals surface area contributed by atoms with Gasteiger partial charge in [-0.05, 0) is 36.6 Å². The molecule has 0 aliphatic rings. The number of aliphatic carboxylic acids is 1. The number of esters is 1. The van der Waals surface area contributed by atoms with E-state index in [0.29, 0.717) is 11.1 Å². The zero-order chi connectivity index (χ0) is 12.3. The molecule has 0 aromatic heterocycles. The number of hydrogen-bond acceptors (Lipinski definition) is 3. The summed E-state index contributed by atoms with van der Waals surface area (Å²) in [6, 6.07) is 3.38. The summed E-state index contributed by atoms with van der Waals surface area (Å²) < 4.78 is 4.63. The minimum absolute atomic E-state index is 0.0872. The zero-order valence-electron chi connectivity index (χ0n) is 9.53. The summed E-state index contributed by atoms with van der Waals surface area (Å²) in [7, 11) is 1.30. The Morgan fingerprint density at radius 2 is 1.88 bits per heavy atom. The fourth-order valence-corrected chi connectivity index (χ4v) is 1.58. The second kappa shape index (κ2) is 4.79. The van der Waals surface area contributed by atoms with Gasteiger partial charge in [0.25, 0.3) is 0 Å². The number of carbonyl (C=O) groups is 2. The first-order valence-corrected chi connectivity index (χ1v) is 4.86. The molecular formula is C12H14O4. The van der Waals surface area contributed by atoms with Crippen LogP contribution in [0.3, 0.4) is 0 Å². The molecule has 0 fully saturated rings. The molecule has 0 spiro atoms. The van der Waals surface area contributed by atoms with E-state index in [4.69, 9.17) is 5.11 Å². The first-order valence-electron chi connectivity index (χ1n) is 4.86. The normalized spacial score (nSPS) is 9.94. The first-order chi connectivity index (χ1) is 7.45. The van der Waals surface area contributed by atoms with Crippen molar-refractivity contribution in [2.24, 2.45) is 0 Å². The fourth-order valence-electron chi connectivity index (χ4n) is 1.58. The quantitative estimate of drug-likeness (QED) is 0.791. The highest BCUT2D eigenvalue weighted by Gasteiger charge is 2.13. The van der Waals surface area contributed by atoms with Gasteiger partial charge < -0.3 is 9.84 Å². The van der Waals surface area contributed by atoms with Gasteiger partial charge >= 0.3 is 11.9 Å². The molecule has 0 bridgehead atoms. The van der Waals surface area contributed by atoms with Gasteiger partial charge in [0, 0.05) is 0 Å². The number of ether oxygens (including phenoxy) is 1. The maximum absolute atomic E-state index is 11.4. The van der Waals surface area contributed by atoms with Gasteiger partial charge in [0.2, 0.25) is 0 Å². The maximum atomic E-state index is 11.4. The average molecular weight is 222 g/mol. The van der Waals surface area contributed by atoms with Crippen molar-refractivity contribution in [1.82, 2.24) is 0 Å². The summed E-state index contributed by atoms with van der Waals surface area (Å²) in [6.07, 6.45) is -0.0872. The van der Waals surface area contributed by atoms with Crippen LogP contribution in [-0.2, 0) is 16.0 Å². The molecule has 0 amide bonds. The van der Waals surface area contributed by atoms with Crippen molar-refractivity contribution in [3.8, 4) is 0 Å². The van der Waals surface area contributed by atoms with E-state index < -0.39 is 11.9 Å². The van der Waals surface area contributed by atoms with E-state index in [1.54, 1.807) is 19.1 Å². The summed E-state index contributed by atoms with van der Waals surface area (Å²) in [6.45, 7) is 3.62. The van der Waals surface area contributed by atoms with E-state index in [0.717, 1.165) is 11.1 Å². The van der Waals surface area contributed by atoms with Crippen LogP contribution in [-0.4, -0.2) is 24.2 Å². The van der Waals surface area contributed by atoms with Crippen molar-refractivity contribution in [1.29, 1.82) is 0 Å². The van der Waals surface area contributed by atoms with Crippen LogP contribution in [0, 0.1) is 13.8 Å². The van der Waals surface area contributed by atoms with Crippen molar-refractivity contribution < 1.29 is 19.4 Å². The van der Waals surface area contributed by atoms with Crippen LogP contribution in [0.1, 0.15) is 27.0 Å². The monoisotopic (exact) mass is 222 g/mol. The van der Waals surface area contributed by atoms with Crippen LogP contribution in [0.4, 0.5) is 0 Å². The number of aryl methyl sites for hydroxylation is 2. The number of hydrogen-bond donors (Lipinski definition) is 1. The van der Waals surface area contributed by atoms with E-state index in [9.17, 15) is 9.59 Å². The smallest absolute Gasteiger partial charge is 0.338 e. The largest absolute Gasteiger partial charge is 0.481 e. The molecule has 1 rings (SSSR count). The predicted molar refractivity (Wildman–Crippen MR) is 58.6 cm³/mol. The van der Waals surface area contributed by atoms with Gasteiger partial charge in [-0.25, -0.2) is 4.79 Å². The highest BCUT2D eigenvalue weighted by atomic mass is 16.5. The first kappa shape index (κ1) is 12.2. The lowest BCUT2D eigenvalue weighted by Crippen LogP contribution is -2.08. The van der Waals surface area contributed by atoms with Crippen LogP contribution in [0.2, 0.25) is 0 Å². The van der Waals surface area contributed by atoms with Gasteiger partial charge in [0.1, 0.15) is 0 Å². The fraction of sp³-hybridized carbons (Fsp3) is 0.333. The molecular weight excluding hydrogens is 208 g/mol. The Labute approximate surface area is 93.9 Å². The molecule has 0 saturated heterocycles. The molecule has 1 aromatic rings. The third-order valence-electron chi connectivity index (χ3n) is 2.43. The number of methoxy groups -OCH3 is 1. The highest BCUT2D eigenvalue weighted by molar-refractivity contribution is 5.91. The minimum Gasteiger partial charge on any atom is -0.481 e. The van der Waals surface area contributed by atoms with Crippen molar-refractivity contribution >= 4 is 11.9 Å². The molecule has 86 valence electrons. The van der Waals surface area contributed by atoms with E-state index in [-0.39, 0.29) is 6.42 Å². The number of carboxylic acid groups (broad SMARTS) is 1. The highest BCUT2D eigenvalue weighted by Crippen LogP contribution is 2.17. The predicted octanol–water partition coefficient (Wildman–Crippen LogP) is 1.72. The Kier molecular flexibility index (Phi) is 3.66. The van der Waals surface area contributed by atoms with Crippen LogP contribution in [0.15, 0.2) is 12.1 Å². The van der Waals surface area contributed by atoms with Gasteiger partial charge in [0.05, 0.1) is 19.1 Å². The Hall–Kier alpha value is -1.84. The average Bonchev–Trinajstić information content (AvgIpc) is 2.20. The summed E-state index contributed by atoms with van der Waals surface area (Å²) in [5, 5.41) is 8.73. The van der Waals surface area contributed by atoms with Crippen molar-refractivity contribution in [2.75, 3.05) is 7.11 Å². The van der Waals surface area contributed by atoms with Gasteiger partial charge in [-0.1, -0.05) is 6.07 Å². The second-order valence-electron chi connectivity index (χ2n) is 3.66. The van der Waals surface area contributed by atoms with Crippen LogP contribution in [0.25, 0.3) is 0 Å². The topological polar surface area (TPSA) is 63.6 Å². The van der Waals surface area contributed by atoms with Gasteiger partial charge in [-0.3, -0.25) is 4.79 Å². The lowest BCUT2D eigenvalue weighted by atomic mass is 9.98. The lowest BCUT2D eigenvalue weighted by molar-refractivity contribution is -0.136. The molecule has 4 nitrogen and oxygen atoms in total. The molecule has 0 atom stereocenters. The summed E-state index contributed by atoms with van der Waals surface area (Å²) >= 11 is 0. The van der Waals surface area contributed by atoms with Crippen LogP contribution in [0.5, 0.6) is 0 Å². The van der Waals surface area contributed by atoms with Crippen molar-refractivity contribution in [3.63, 3.8) is 0 Å². The molecule has 1 N–H and O–H groups in total. The SMILES string of the molecule is COC(=O)c1cc(CC(=O)O)c(C)cc1C. The zero-order valence-corrected chi connectivity index (χ0v) is 9.53. The van der Waals surface area contributed by atoms with Crippen LogP contribution >= 0.6 is 0 Å². The van der Waals surface area contributed by atoms with Gasteiger partial charge in [-0.15, -0.1) is 0 Å².